The summed E-state index contributed by atoms with van der Waals surface area (Å²) in [5.74, 6) is 0.941. The van der Waals surface area contributed by atoms with Gasteiger partial charge in [-0.25, -0.2) is 4.98 Å². The van der Waals surface area contributed by atoms with Crippen LogP contribution in [0.5, 0.6) is 0 Å². The Kier molecular flexibility index (Phi) is 10.3. The normalized spacial score (nSPS) is 14.6. The first-order valence-electron chi connectivity index (χ1n) is 29.5. The van der Waals surface area contributed by atoms with Crippen LogP contribution in [0.15, 0.2) is 249 Å². The van der Waals surface area contributed by atoms with Crippen molar-refractivity contribution >= 4 is 75.1 Å². The molecular formula is C80H59N3S. The molecule has 0 saturated heterocycles. The van der Waals surface area contributed by atoms with E-state index >= 15 is 0 Å². The predicted molar refractivity (Wildman–Crippen MR) is 356 cm³/mol. The van der Waals surface area contributed by atoms with E-state index in [-0.39, 0.29) is 16.2 Å². The standard InChI is InChI=1S/C41H32N2.C39H27NS/c1-40(2)33-14-8-5-11-27(33)30-21-25(17-19-35(30)40)26-18-20-39(42-24-26)43-37-16-10-7-13-29(37)32-22-31-28-12-6-9-15-34(28)41(3,4)36(31)23-38(32)43;1-39(2)32-12-6-3-9-27(32)29-20-21-34-37(38(29)39)30-11-4-7-13-33(30)40(34)26-18-15-24(16-19-26)25-17-22-36-31(23-25)28-10-5-8-14-35(28)41-36/h5-24H,1-4H3;3-23H,1-2H3. The lowest BCUT2D eigenvalue weighted by Crippen LogP contribution is -2.15. The fraction of sp³-hybridized carbons (Fsp3) is 0.113. The molecule has 4 heterocycles. The number of nitrogens with zero attached hydrogens (tertiary/aromatic N) is 3. The highest BCUT2D eigenvalue weighted by Crippen LogP contribution is 2.55. The second-order valence-electron chi connectivity index (χ2n) is 25.0. The van der Waals surface area contributed by atoms with Crippen LogP contribution in [0.25, 0.3) is 131 Å². The molecule has 4 heteroatoms. The second kappa shape index (κ2) is 17.7. The molecule has 0 aliphatic heterocycles. The van der Waals surface area contributed by atoms with Crippen LogP contribution in [0.2, 0.25) is 0 Å². The summed E-state index contributed by atoms with van der Waals surface area (Å²) in [5, 5.41) is 7.90. The average Bonchev–Trinajstić information content (AvgIpc) is 1.87. The zero-order valence-electron chi connectivity index (χ0n) is 47.9. The number of benzene rings is 11. The van der Waals surface area contributed by atoms with Crippen LogP contribution in [0.3, 0.4) is 0 Å². The Morgan fingerprint density at radius 2 is 0.845 bits per heavy atom. The van der Waals surface area contributed by atoms with Crippen LogP contribution < -0.4 is 0 Å². The van der Waals surface area contributed by atoms with Crippen molar-refractivity contribution in [3.05, 3.63) is 282 Å². The zero-order valence-corrected chi connectivity index (χ0v) is 48.7. The number of para-hydroxylation sites is 2. The van der Waals surface area contributed by atoms with Crippen LogP contribution in [0, 0.1) is 0 Å². The van der Waals surface area contributed by atoms with Crippen LogP contribution in [-0.2, 0) is 16.2 Å². The molecule has 0 saturated carbocycles. The van der Waals surface area contributed by atoms with Crippen molar-refractivity contribution in [3.63, 3.8) is 0 Å². The number of aromatic nitrogens is 3. The van der Waals surface area contributed by atoms with E-state index in [1.807, 2.05) is 17.5 Å². The molecule has 18 rings (SSSR count). The third-order valence-electron chi connectivity index (χ3n) is 19.5. The molecule has 0 amide bonds. The van der Waals surface area contributed by atoms with E-state index < -0.39 is 0 Å². The molecule has 0 spiro atoms. The summed E-state index contributed by atoms with van der Waals surface area (Å²) >= 11 is 1.87. The van der Waals surface area contributed by atoms with E-state index in [0.717, 1.165) is 11.4 Å². The molecule has 4 aromatic heterocycles. The Morgan fingerprint density at radius 3 is 1.56 bits per heavy atom. The highest BCUT2D eigenvalue weighted by molar-refractivity contribution is 7.25. The van der Waals surface area contributed by atoms with Crippen molar-refractivity contribution in [3.8, 4) is 67.1 Å². The number of hydrogen-bond acceptors (Lipinski definition) is 2. The Balaban J connectivity index is 0.000000132. The number of thiophene rings is 1. The number of hydrogen-bond donors (Lipinski definition) is 0. The fourth-order valence-corrected chi connectivity index (χ4v) is 16.4. The molecular weight excluding hydrogens is 1030 g/mol. The van der Waals surface area contributed by atoms with Gasteiger partial charge in [0.1, 0.15) is 5.82 Å². The molecule has 0 bridgehead atoms. The minimum atomic E-state index is -0.0608. The lowest BCUT2D eigenvalue weighted by Gasteiger charge is -2.22. The smallest absolute Gasteiger partial charge is 0.137 e. The maximum Gasteiger partial charge on any atom is 0.137 e. The molecule has 0 unspecified atom stereocenters. The van der Waals surface area contributed by atoms with E-state index in [4.69, 9.17) is 4.98 Å². The van der Waals surface area contributed by atoms with Crippen molar-refractivity contribution in [2.75, 3.05) is 0 Å². The third-order valence-corrected chi connectivity index (χ3v) is 20.6. The van der Waals surface area contributed by atoms with Gasteiger partial charge in [-0.3, -0.25) is 4.57 Å². The average molecular weight is 1090 g/mol. The number of rotatable bonds is 4. The maximum absolute atomic E-state index is 5.10. The van der Waals surface area contributed by atoms with Crippen molar-refractivity contribution in [1.29, 1.82) is 0 Å². The topological polar surface area (TPSA) is 22.8 Å². The van der Waals surface area contributed by atoms with Gasteiger partial charge in [-0.15, -0.1) is 11.3 Å². The van der Waals surface area contributed by atoms with Gasteiger partial charge in [0.05, 0.1) is 22.1 Å². The Morgan fingerprint density at radius 1 is 0.310 bits per heavy atom. The lowest BCUT2D eigenvalue weighted by molar-refractivity contribution is 0.660. The molecule has 3 aliphatic carbocycles. The molecule has 0 fully saturated rings. The molecule has 11 aromatic carbocycles. The minimum absolute atomic E-state index is 0.0131. The van der Waals surface area contributed by atoms with E-state index in [2.05, 4.69) is 293 Å². The fourth-order valence-electron chi connectivity index (χ4n) is 15.3. The van der Waals surface area contributed by atoms with Crippen molar-refractivity contribution in [2.24, 2.45) is 0 Å². The molecule has 0 radical (unpaired) electrons. The molecule has 400 valence electrons. The summed E-state index contributed by atoms with van der Waals surface area (Å²) in [6.07, 6.45) is 2.04. The molecule has 3 nitrogen and oxygen atoms in total. The van der Waals surface area contributed by atoms with Gasteiger partial charge < -0.3 is 4.57 Å². The van der Waals surface area contributed by atoms with Gasteiger partial charge in [0, 0.05) is 75.4 Å². The highest BCUT2D eigenvalue weighted by atomic mass is 32.1. The summed E-state index contributed by atoms with van der Waals surface area (Å²) in [7, 11) is 0. The molecule has 84 heavy (non-hydrogen) atoms. The van der Waals surface area contributed by atoms with E-state index in [0.29, 0.717) is 0 Å². The van der Waals surface area contributed by atoms with Gasteiger partial charge in [0.15, 0.2) is 0 Å². The number of fused-ring (bicyclic) bond motifs is 19. The van der Waals surface area contributed by atoms with Crippen LogP contribution in [-0.4, -0.2) is 14.1 Å². The van der Waals surface area contributed by atoms with Gasteiger partial charge in [-0.2, -0.15) is 0 Å². The summed E-state index contributed by atoms with van der Waals surface area (Å²) < 4.78 is 7.48. The van der Waals surface area contributed by atoms with Crippen molar-refractivity contribution in [2.45, 2.75) is 57.8 Å². The second-order valence-corrected chi connectivity index (χ2v) is 26.1. The lowest BCUT2D eigenvalue weighted by atomic mass is 9.80. The highest BCUT2D eigenvalue weighted by Gasteiger charge is 2.39. The van der Waals surface area contributed by atoms with Gasteiger partial charge in [-0.1, -0.05) is 205 Å². The Hall–Kier alpha value is -9.61. The van der Waals surface area contributed by atoms with Gasteiger partial charge in [0.25, 0.3) is 0 Å². The zero-order chi connectivity index (χ0) is 56.4. The molecule has 0 atom stereocenters. The van der Waals surface area contributed by atoms with Gasteiger partial charge in [-0.05, 0) is 162 Å². The van der Waals surface area contributed by atoms with Gasteiger partial charge in [0.2, 0.25) is 0 Å². The summed E-state index contributed by atoms with van der Waals surface area (Å²) in [4.78, 5) is 5.10. The van der Waals surface area contributed by atoms with E-state index in [1.165, 1.54) is 153 Å². The maximum atomic E-state index is 5.10. The summed E-state index contributed by atoms with van der Waals surface area (Å²) in [6.45, 7) is 14.1. The molecule has 3 aliphatic rings. The number of pyridine rings is 1. The molecule has 15 aromatic rings. The molecule has 0 N–H and O–H groups in total. The summed E-state index contributed by atoms with van der Waals surface area (Å²) in [5.41, 5.74) is 27.4. The van der Waals surface area contributed by atoms with Crippen molar-refractivity contribution in [1.82, 2.24) is 14.1 Å². The minimum Gasteiger partial charge on any atom is -0.309 e. The Bertz CT molecular complexity index is 5270. The monoisotopic (exact) mass is 1090 g/mol. The summed E-state index contributed by atoms with van der Waals surface area (Å²) in [6, 6.07) is 89.8. The quantitative estimate of drug-likeness (QED) is 0.172. The van der Waals surface area contributed by atoms with E-state index in [1.54, 1.807) is 0 Å². The first-order valence-corrected chi connectivity index (χ1v) is 30.3. The first kappa shape index (κ1) is 49.0. The largest absolute Gasteiger partial charge is 0.309 e. The van der Waals surface area contributed by atoms with Gasteiger partial charge >= 0.3 is 0 Å². The third kappa shape index (κ3) is 6.89. The van der Waals surface area contributed by atoms with Crippen LogP contribution in [0.4, 0.5) is 0 Å². The predicted octanol–water partition coefficient (Wildman–Crippen LogP) is 21.6. The SMILES string of the molecule is CC1(C)c2ccccc2-c2cc(-c3ccc(-n4c5ccccc5c5cc6c(cc54)C(C)(C)c4ccccc4-6)nc3)ccc21.CC1(C)c2ccccc2-c2ccc3c(c21)c1ccccc1n3-c1ccc(-c2ccc3sc4ccccc4c3c2)cc1. The first-order chi connectivity index (χ1) is 40.9. The van der Waals surface area contributed by atoms with E-state index in [9.17, 15) is 0 Å². The Labute approximate surface area is 493 Å². The van der Waals surface area contributed by atoms with Crippen LogP contribution >= 0.6 is 11.3 Å². The van der Waals surface area contributed by atoms with Crippen LogP contribution in [0.1, 0.15) is 74.9 Å². The van der Waals surface area contributed by atoms with Crippen molar-refractivity contribution < 1.29 is 0 Å².